The smallest absolute Gasteiger partial charge is 0.367 e. The Morgan fingerprint density at radius 1 is 1.26 bits per heavy atom. The Kier molecular flexibility index (Phi) is 6.92. The molecule has 2 aromatic rings. The van der Waals surface area contributed by atoms with Crippen LogP contribution in [0.3, 0.4) is 0 Å². The number of aromatic nitrogens is 2. The molecule has 1 aromatic heterocycles. The number of carbonyl (C=O) groups is 1. The quantitative estimate of drug-likeness (QED) is 0.594. The molecule has 10 nitrogen and oxygen atoms in total. The van der Waals surface area contributed by atoms with Crippen molar-refractivity contribution in [3.63, 3.8) is 0 Å². The summed E-state index contributed by atoms with van der Waals surface area (Å²) >= 11 is 0. The first-order valence-electron chi connectivity index (χ1n) is 9.42. The van der Waals surface area contributed by atoms with Crippen molar-refractivity contribution in [3.05, 3.63) is 35.0 Å². The fraction of sp³-hybridized carbons (Fsp3) is 0.421. The van der Waals surface area contributed by atoms with Gasteiger partial charge in [-0.05, 0) is 25.6 Å². The number of nitrogens with two attached hydrogens (primary N) is 1. The van der Waals surface area contributed by atoms with E-state index in [2.05, 4.69) is 9.97 Å². The molecule has 1 aliphatic rings. The van der Waals surface area contributed by atoms with Crippen LogP contribution in [0.15, 0.2) is 18.2 Å². The molecule has 0 bridgehead atoms. The van der Waals surface area contributed by atoms with Gasteiger partial charge in [-0.1, -0.05) is 6.07 Å². The maximum Gasteiger partial charge on any atom is 0.367 e. The predicted molar refractivity (Wildman–Crippen MR) is 120 cm³/mol. The Bertz CT molecular complexity index is 1090. The zero-order valence-electron chi connectivity index (χ0n) is 17.8. The molecule has 1 fully saturated rings. The van der Waals surface area contributed by atoms with E-state index in [4.69, 9.17) is 14.7 Å². The lowest BCUT2D eigenvalue weighted by molar-refractivity contribution is -0.120. The molecule has 1 amide bonds. The lowest BCUT2D eigenvalue weighted by Crippen LogP contribution is -2.48. The third kappa shape index (κ3) is 5.38. The minimum atomic E-state index is -3.88. The van der Waals surface area contributed by atoms with Crippen LogP contribution < -0.4 is 19.6 Å². The van der Waals surface area contributed by atoms with Gasteiger partial charge in [0, 0.05) is 53.9 Å². The number of methoxy groups -OCH3 is 1. The Morgan fingerprint density at radius 2 is 2.00 bits per heavy atom. The van der Waals surface area contributed by atoms with E-state index in [9.17, 15) is 13.2 Å². The van der Waals surface area contributed by atoms with Crippen LogP contribution >= 0.6 is 10.8 Å². The molecule has 1 aromatic carbocycles. The number of hydrogen-bond acceptors (Lipinski definition) is 10. The van der Waals surface area contributed by atoms with Crippen molar-refractivity contribution in [2.24, 2.45) is 0 Å². The molecule has 0 radical (unpaired) electrons. The predicted octanol–water partition coefficient (Wildman–Crippen LogP) is 1.23. The number of nitrogen functional groups attached to an aromatic ring is 1. The number of piperazine rings is 1. The molecule has 2 N–H and O–H groups in total. The van der Waals surface area contributed by atoms with Gasteiger partial charge in [-0.15, -0.1) is 0 Å². The first kappa shape index (κ1) is 23.1. The zero-order chi connectivity index (χ0) is 22.8. The highest BCUT2D eigenvalue weighted by molar-refractivity contribution is 8.70. The van der Waals surface area contributed by atoms with E-state index in [0.29, 0.717) is 40.9 Å². The van der Waals surface area contributed by atoms with Crippen molar-refractivity contribution in [2.45, 2.75) is 13.3 Å². The Morgan fingerprint density at radius 3 is 2.65 bits per heavy atom. The molecule has 0 atom stereocenters. The Hall–Kier alpha value is -2.57. The minimum Gasteiger partial charge on any atom is -0.496 e. The number of aryl methyl sites for hydroxylation is 1. The van der Waals surface area contributed by atoms with E-state index < -0.39 is 9.15 Å². The van der Waals surface area contributed by atoms with Crippen LogP contribution in [0.4, 0.5) is 11.6 Å². The summed E-state index contributed by atoms with van der Waals surface area (Å²) in [5.74, 6) is 0.381. The first-order valence-corrected chi connectivity index (χ1v) is 12.6. The molecule has 0 aliphatic carbocycles. The van der Waals surface area contributed by atoms with E-state index in [0.717, 1.165) is 17.8 Å². The van der Waals surface area contributed by atoms with Crippen molar-refractivity contribution < 1.29 is 22.1 Å². The van der Waals surface area contributed by atoms with Gasteiger partial charge in [-0.3, -0.25) is 9.69 Å². The summed E-state index contributed by atoms with van der Waals surface area (Å²) in [6, 6.07) is 5.47. The van der Waals surface area contributed by atoms with E-state index >= 15 is 0 Å². The monoisotopic (exact) mass is 467 g/mol. The van der Waals surface area contributed by atoms with Gasteiger partial charge in [0.1, 0.15) is 5.75 Å². The number of benzene rings is 1. The number of rotatable bonds is 7. The molecular weight excluding hydrogens is 442 g/mol. The largest absolute Gasteiger partial charge is 0.496 e. The van der Waals surface area contributed by atoms with Crippen LogP contribution in [0.25, 0.3) is 0 Å². The fourth-order valence-corrected chi connectivity index (χ4v) is 4.09. The summed E-state index contributed by atoms with van der Waals surface area (Å²) in [6.45, 7) is 3.43. The summed E-state index contributed by atoms with van der Waals surface area (Å²) in [7, 11) is 0.128. The van der Waals surface area contributed by atoms with Crippen LogP contribution in [-0.4, -0.2) is 69.2 Å². The first-order chi connectivity index (χ1) is 14.6. The second-order valence-electron chi connectivity index (χ2n) is 7.07. The number of likely N-dealkylation sites (N-methyl/N-ethyl adjacent to an activating group) is 1. The summed E-state index contributed by atoms with van der Waals surface area (Å²) in [6.07, 6.45) is 1.65. The molecule has 0 saturated carbocycles. The molecule has 1 saturated heterocycles. The minimum absolute atomic E-state index is 0.0179. The summed E-state index contributed by atoms with van der Waals surface area (Å²) in [5.41, 5.74) is 8.17. The lowest BCUT2D eigenvalue weighted by Gasteiger charge is -2.32. The molecule has 168 valence electrons. The summed E-state index contributed by atoms with van der Waals surface area (Å²) in [5, 5.41) is 0. The SMILES string of the molecule is COc1cc(N2CCN(C)CC2=O)ccc1Cc1c(C)nc(N)nc1OS(=O)(=O)SC. The topological polar surface area (TPSA) is 128 Å². The maximum atomic E-state index is 12.4. The molecule has 0 spiro atoms. The van der Waals surface area contributed by atoms with Gasteiger partial charge in [0.25, 0.3) is 0 Å². The van der Waals surface area contributed by atoms with Crippen LogP contribution in [0.1, 0.15) is 16.8 Å². The molecule has 0 unspecified atom stereocenters. The van der Waals surface area contributed by atoms with E-state index in [1.165, 1.54) is 13.4 Å². The van der Waals surface area contributed by atoms with Gasteiger partial charge < -0.3 is 19.6 Å². The number of carbonyl (C=O) groups excluding carboxylic acids is 1. The van der Waals surface area contributed by atoms with Crippen molar-refractivity contribution in [1.29, 1.82) is 0 Å². The third-order valence-corrected chi connectivity index (χ3v) is 7.14. The lowest BCUT2D eigenvalue weighted by atomic mass is 10.0. The highest BCUT2D eigenvalue weighted by atomic mass is 33.1. The van der Waals surface area contributed by atoms with E-state index in [-0.39, 0.29) is 24.2 Å². The van der Waals surface area contributed by atoms with Crippen molar-refractivity contribution >= 4 is 37.5 Å². The molecule has 3 rings (SSSR count). The summed E-state index contributed by atoms with van der Waals surface area (Å²) < 4.78 is 34.6. The maximum absolute atomic E-state index is 12.4. The molecule has 12 heteroatoms. The van der Waals surface area contributed by atoms with Crippen molar-refractivity contribution in [2.75, 3.05) is 50.7 Å². The highest BCUT2D eigenvalue weighted by Gasteiger charge is 2.25. The van der Waals surface area contributed by atoms with Gasteiger partial charge in [-0.25, -0.2) is 4.98 Å². The van der Waals surface area contributed by atoms with E-state index in [1.54, 1.807) is 17.9 Å². The molecule has 31 heavy (non-hydrogen) atoms. The van der Waals surface area contributed by atoms with Crippen molar-refractivity contribution in [3.8, 4) is 11.6 Å². The normalized spacial score (nSPS) is 15.2. The van der Waals surface area contributed by atoms with Crippen LogP contribution in [-0.2, 0) is 20.4 Å². The summed E-state index contributed by atoms with van der Waals surface area (Å²) in [4.78, 5) is 24.2. The number of nitrogens with zero attached hydrogens (tertiary/aromatic N) is 4. The third-order valence-electron chi connectivity index (χ3n) is 4.94. The second kappa shape index (κ2) is 9.28. The standard InChI is InChI=1S/C19H25N5O5S2/c1-12-15(18(22-19(20)21-12)29-31(26,27)30-4)9-13-5-6-14(10-16(13)28-3)24-8-7-23(2)11-17(24)25/h5-6,10H,7-9,11H2,1-4H3,(H2,20,21,22). The van der Waals surface area contributed by atoms with Crippen LogP contribution in [0.2, 0.25) is 0 Å². The van der Waals surface area contributed by atoms with Crippen LogP contribution in [0.5, 0.6) is 11.6 Å². The van der Waals surface area contributed by atoms with Gasteiger partial charge in [0.2, 0.25) is 17.7 Å². The average molecular weight is 468 g/mol. The van der Waals surface area contributed by atoms with Crippen molar-refractivity contribution in [1.82, 2.24) is 14.9 Å². The van der Waals surface area contributed by atoms with Gasteiger partial charge in [0.15, 0.2) is 0 Å². The molecular formula is C19H25N5O5S2. The van der Waals surface area contributed by atoms with Gasteiger partial charge >= 0.3 is 9.15 Å². The average Bonchev–Trinajstić information content (AvgIpc) is 2.70. The fourth-order valence-electron chi connectivity index (χ4n) is 3.30. The number of hydrogen-bond donors (Lipinski definition) is 1. The zero-order valence-corrected chi connectivity index (χ0v) is 19.4. The number of ether oxygens (including phenoxy) is 1. The number of amides is 1. The van der Waals surface area contributed by atoms with Gasteiger partial charge in [0.05, 0.1) is 19.3 Å². The highest BCUT2D eigenvalue weighted by Crippen LogP contribution is 2.32. The van der Waals surface area contributed by atoms with Gasteiger partial charge in [-0.2, -0.15) is 13.4 Å². The Labute approximate surface area is 185 Å². The van der Waals surface area contributed by atoms with E-state index in [1.807, 2.05) is 24.1 Å². The number of anilines is 2. The van der Waals surface area contributed by atoms with Crippen LogP contribution in [0, 0.1) is 6.92 Å². The second-order valence-corrected chi connectivity index (χ2v) is 10.6. The molecule has 1 aliphatic heterocycles. The molecule has 2 heterocycles. The Balaban J connectivity index is 1.95.